The van der Waals surface area contributed by atoms with Crippen LogP contribution >= 0.6 is 0 Å². The standard InChI is InChI=1S/C52H101NO15/c1-3-5-7-9-11-13-15-17-18-19-20-22-24-26-28-30-32-34-40(57)50(64)53-38(43(59)39(56)33-31-29-27-25-23-21-16-14-12-10-8-6-4-2)37-65-51-47(63)49(44(60)42(36-55)66-51)68-52-46(62)45(61)48(67-52)41(58)35-54/h38-49,51-52,54-63H,3-37H2,1-2H3,(H,53,64). The zero-order valence-corrected chi connectivity index (χ0v) is 42.3. The molecule has 2 fully saturated rings. The highest BCUT2D eigenvalue weighted by Gasteiger charge is 2.52. The van der Waals surface area contributed by atoms with Gasteiger partial charge in [-0.1, -0.05) is 206 Å². The Balaban J connectivity index is 1.90. The van der Waals surface area contributed by atoms with E-state index in [0.717, 1.165) is 44.9 Å². The summed E-state index contributed by atoms with van der Waals surface area (Å²) in [5, 5.41) is 109. The van der Waals surface area contributed by atoms with Gasteiger partial charge in [-0.3, -0.25) is 4.79 Å². The van der Waals surface area contributed by atoms with Gasteiger partial charge in [0.25, 0.3) is 0 Å². The number of rotatable bonds is 44. The van der Waals surface area contributed by atoms with E-state index in [9.17, 15) is 55.9 Å². The van der Waals surface area contributed by atoms with E-state index in [1.165, 1.54) is 135 Å². The van der Waals surface area contributed by atoms with Crippen molar-refractivity contribution < 1.29 is 74.8 Å². The van der Waals surface area contributed by atoms with Crippen LogP contribution in [-0.2, 0) is 23.7 Å². The molecule has 0 radical (unpaired) electrons. The first-order chi connectivity index (χ1) is 32.9. The van der Waals surface area contributed by atoms with E-state index in [-0.39, 0.29) is 12.8 Å². The Bertz CT molecular complexity index is 1190. The van der Waals surface area contributed by atoms with E-state index < -0.39 is 111 Å². The number of carbonyl (C=O) groups excluding carboxylic acids is 1. The molecule has 2 saturated heterocycles. The number of carbonyl (C=O) groups is 1. The number of aliphatic hydroxyl groups excluding tert-OH is 10. The van der Waals surface area contributed by atoms with Crippen molar-refractivity contribution in [3.8, 4) is 0 Å². The maximum absolute atomic E-state index is 13.4. The first-order valence-corrected chi connectivity index (χ1v) is 27.5. The molecule has 0 bridgehead atoms. The Morgan fingerprint density at radius 1 is 0.529 bits per heavy atom. The van der Waals surface area contributed by atoms with Gasteiger partial charge in [0.2, 0.25) is 5.91 Å². The number of nitrogens with one attached hydrogen (secondary N) is 1. The minimum absolute atomic E-state index is 0.204. The lowest BCUT2D eigenvalue weighted by atomic mass is 9.98. The summed E-state index contributed by atoms with van der Waals surface area (Å²) in [5.41, 5.74) is 0. The molecule has 0 aromatic carbocycles. The molecule has 0 spiro atoms. The van der Waals surface area contributed by atoms with Crippen LogP contribution in [0.2, 0.25) is 0 Å². The Morgan fingerprint density at radius 3 is 1.38 bits per heavy atom. The fourth-order valence-corrected chi connectivity index (χ4v) is 9.42. The summed E-state index contributed by atoms with van der Waals surface area (Å²) in [6, 6.07) is -1.28. The van der Waals surface area contributed by atoms with Crippen LogP contribution in [0.1, 0.15) is 219 Å². The normalized spacial score (nSPS) is 26.4. The molecule has 2 rings (SSSR count). The van der Waals surface area contributed by atoms with Gasteiger partial charge in [-0.25, -0.2) is 0 Å². The van der Waals surface area contributed by atoms with Crippen molar-refractivity contribution in [2.24, 2.45) is 0 Å². The predicted octanol–water partition coefficient (Wildman–Crippen LogP) is 5.72. The SMILES string of the molecule is CCCCCCCCCCCCCCCCCCCC(O)C(=O)NC(COC1OC(CO)C(O)C(OC2OC(C(O)CO)C(O)C2O)C1O)C(O)C(O)CCCCCCCCCCCCCCC. The smallest absolute Gasteiger partial charge is 0.249 e. The summed E-state index contributed by atoms with van der Waals surface area (Å²) < 4.78 is 22.6. The molecule has 2 heterocycles. The number of unbranched alkanes of at least 4 members (excludes halogenated alkanes) is 28. The van der Waals surface area contributed by atoms with Crippen molar-refractivity contribution in [2.75, 3.05) is 19.8 Å². The largest absolute Gasteiger partial charge is 0.394 e. The van der Waals surface area contributed by atoms with E-state index in [0.29, 0.717) is 12.8 Å². The van der Waals surface area contributed by atoms with E-state index in [1.54, 1.807) is 0 Å². The average Bonchev–Trinajstić information content (AvgIpc) is 3.62. The minimum Gasteiger partial charge on any atom is -0.394 e. The van der Waals surface area contributed by atoms with Crippen LogP contribution < -0.4 is 5.32 Å². The van der Waals surface area contributed by atoms with Crippen molar-refractivity contribution in [1.29, 1.82) is 0 Å². The number of hydrogen-bond acceptors (Lipinski definition) is 15. The fourth-order valence-electron chi connectivity index (χ4n) is 9.42. The van der Waals surface area contributed by atoms with Gasteiger partial charge in [-0.15, -0.1) is 0 Å². The van der Waals surface area contributed by atoms with Crippen LogP contribution in [0.15, 0.2) is 0 Å². The number of ether oxygens (including phenoxy) is 4. The lowest BCUT2D eigenvalue weighted by Crippen LogP contribution is -2.62. The van der Waals surface area contributed by atoms with E-state index >= 15 is 0 Å². The molecule has 11 N–H and O–H groups in total. The molecule has 404 valence electrons. The Morgan fingerprint density at radius 2 is 0.956 bits per heavy atom. The lowest BCUT2D eigenvalue weighted by molar-refractivity contribution is -0.332. The second-order valence-electron chi connectivity index (χ2n) is 20.0. The van der Waals surface area contributed by atoms with E-state index in [2.05, 4.69) is 19.2 Å². The third-order valence-electron chi connectivity index (χ3n) is 14.0. The lowest BCUT2D eigenvalue weighted by Gasteiger charge is -2.43. The van der Waals surface area contributed by atoms with Crippen LogP contribution in [-0.4, -0.2) is 163 Å². The fraction of sp³-hybridized carbons (Fsp3) is 0.981. The maximum atomic E-state index is 13.4. The molecule has 2 aliphatic rings. The maximum Gasteiger partial charge on any atom is 0.249 e. The number of amides is 1. The molecule has 0 saturated carbocycles. The van der Waals surface area contributed by atoms with E-state index in [1.807, 2.05) is 0 Å². The molecule has 1 amide bonds. The first kappa shape index (κ1) is 63.0. The van der Waals surface area contributed by atoms with Crippen molar-refractivity contribution >= 4 is 5.91 Å². The van der Waals surface area contributed by atoms with Gasteiger partial charge in [0, 0.05) is 0 Å². The van der Waals surface area contributed by atoms with Crippen molar-refractivity contribution in [3.05, 3.63) is 0 Å². The van der Waals surface area contributed by atoms with Crippen molar-refractivity contribution in [2.45, 2.75) is 305 Å². The Labute approximate surface area is 409 Å². The van der Waals surface area contributed by atoms with Gasteiger partial charge < -0.3 is 75.3 Å². The molecule has 68 heavy (non-hydrogen) atoms. The van der Waals surface area contributed by atoms with Gasteiger partial charge >= 0.3 is 0 Å². The molecule has 16 heteroatoms. The highest BCUT2D eigenvalue weighted by Crippen LogP contribution is 2.31. The molecule has 14 atom stereocenters. The van der Waals surface area contributed by atoms with Crippen LogP contribution in [0.5, 0.6) is 0 Å². The molecule has 0 aromatic heterocycles. The van der Waals surface area contributed by atoms with Crippen molar-refractivity contribution in [3.63, 3.8) is 0 Å². The first-order valence-electron chi connectivity index (χ1n) is 27.5. The molecule has 14 unspecified atom stereocenters. The highest BCUT2D eigenvalue weighted by molar-refractivity contribution is 5.80. The summed E-state index contributed by atoms with van der Waals surface area (Å²) >= 11 is 0. The third kappa shape index (κ3) is 25.5. The topological polar surface area (TPSA) is 268 Å². The van der Waals surface area contributed by atoms with Crippen LogP contribution in [0, 0.1) is 0 Å². The molecule has 16 nitrogen and oxygen atoms in total. The van der Waals surface area contributed by atoms with Crippen molar-refractivity contribution in [1.82, 2.24) is 5.32 Å². The molecule has 2 aliphatic heterocycles. The second kappa shape index (κ2) is 39.4. The van der Waals surface area contributed by atoms with E-state index in [4.69, 9.17) is 18.9 Å². The molecular formula is C52H101NO15. The summed E-state index contributed by atoms with van der Waals surface area (Å²) in [4.78, 5) is 13.4. The monoisotopic (exact) mass is 980 g/mol. The van der Waals surface area contributed by atoms with Gasteiger partial charge in [0.05, 0.1) is 32.0 Å². The van der Waals surface area contributed by atoms with Crippen LogP contribution in [0.4, 0.5) is 0 Å². The summed E-state index contributed by atoms with van der Waals surface area (Å²) in [7, 11) is 0. The summed E-state index contributed by atoms with van der Waals surface area (Å²) in [6.45, 7) is 2.38. The number of hydrogen-bond donors (Lipinski definition) is 11. The third-order valence-corrected chi connectivity index (χ3v) is 14.0. The van der Waals surface area contributed by atoms with Gasteiger partial charge in [0.15, 0.2) is 12.6 Å². The molecule has 0 aliphatic carbocycles. The van der Waals surface area contributed by atoms with Gasteiger partial charge in [-0.05, 0) is 12.8 Å². The van der Waals surface area contributed by atoms with Crippen LogP contribution in [0.3, 0.4) is 0 Å². The minimum atomic E-state index is -1.82. The van der Waals surface area contributed by atoms with Gasteiger partial charge in [0.1, 0.15) is 61.0 Å². The Hall–Kier alpha value is -1.09. The average molecular weight is 980 g/mol. The highest BCUT2D eigenvalue weighted by atomic mass is 16.7. The van der Waals surface area contributed by atoms with Crippen LogP contribution in [0.25, 0.3) is 0 Å². The quantitative estimate of drug-likeness (QED) is 0.0326. The second-order valence-corrected chi connectivity index (χ2v) is 20.0. The Kier molecular flexibility index (Phi) is 36.6. The zero-order valence-electron chi connectivity index (χ0n) is 42.3. The summed E-state index contributed by atoms with van der Waals surface area (Å²) in [6.07, 6.45) is 15.5. The molecule has 0 aromatic rings. The summed E-state index contributed by atoms with van der Waals surface area (Å²) in [5.74, 6) is -0.761. The predicted molar refractivity (Wildman–Crippen MR) is 261 cm³/mol. The zero-order chi connectivity index (χ0) is 49.9. The molecular weight excluding hydrogens is 879 g/mol. The van der Waals surface area contributed by atoms with Gasteiger partial charge in [-0.2, -0.15) is 0 Å². The number of aliphatic hydroxyl groups is 10.